The van der Waals surface area contributed by atoms with Crippen LogP contribution >= 0.6 is 11.8 Å². The van der Waals surface area contributed by atoms with Gasteiger partial charge in [0.25, 0.3) is 5.92 Å². The Morgan fingerprint density at radius 2 is 1.79 bits per heavy atom. The first-order valence-corrected chi connectivity index (χ1v) is 5.71. The Labute approximate surface area is 109 Å². The largest absolute Gasteiger partial charge is 0.508 e. The molecule has 0 heterocycles. The average molecular weight is 303 g/mol. The number of rotatable bonds is 4. The highest BCUT2D eigenvalue weighted by Crippen LogP contribution is 2.41. The quantitative estimate of drug-likeness (QED) is 0.591. The van der Waals surface area contributed by atoms with Gasteiger partial charge >= 0.3 is 5.51 Å². The number of alkyl halides is 5. The van der Waals surface area contributed by atoms with Gasteiger partial charge in [-0.2, -0.15) is 13.2 Å². The summed E-state index contributed by atoms with van der Waals surface area (Å²) in [6.07, 6.45) is 0. The molecule has 0 aliphatic carbocycles. The number of benzene rings is 1. The van der Waals surface area contributed by atoms with Crippen molar-refractivity contribution < 1.29 is 32.2 Å². The minimum atomic E-state index is -4.59. The van der Waals surface area contributed by atoms with Crippen molar-refractivity contribution in [1.82, 2.24) is 0 Å². The first-order chi connectivity index (χ1) is 8.57. The summed E-state index contributed by atoms with van der Waals surface area (Å²) in [5.74, 6) is -4.41. The maximum absolute atomic E-state index is 13.2. The van der Waals surface area contributed by atoms with Crippen molar-refractivity contribution >= 4 is 11.8 Å². The molecule has 0 amide bonds. The molecule has 0 saturated heterocycles. The number of thioether (sulfide) groups is 1. The summed E-state index contributed by atoms with van der Waals surface area (Å²) in [6.45, 7) is -1.58. The van der Waals surface area contributed by atoms with E-state index in [0.717, 1.165) is 18.2 Å². The molecule has 4 N–H and O–H groups in total. The molecule has 19 heavy (non-hydrogen) atoms. The molecule has 1 atom stereocenters. The van der Waals surface area contributed by atoms with Crippen molar-refractivity contribution in [3.05, 3.63) is 23.8 Å². The number of hydrogen-bond acceptors (Lipinski definition) is 4. The van der Waals surface area contributed by atoms with Crippen LogP contribution in [-0.4, -0.2) is 28.3 Å². The lowest BCUT2D eigenvalue weighted by Gasteiger charge is -2.22. The molecule has 0 radical (unpaired) electrons. The zero-order valence-electron chi connectivity index (χ0n) is 9.29. The lowest BCUT2D eigenvalue weighted by Crippen LogP contribution is -2.36. The lowest BCUT2D eigenvalue weighted by molar-refractivity contribution is -0.0716. The van der Waals surface area contributed by atoms with Crippen LogP contribution in [0.2, 0.25) is 0 Å². The van der Waals surface area contributed by atoms with Crippen LogP contribution < -0.4 is 5.73 Å². The van der Waals surface area contributed by atoms with E-state index in [1.807, 2.05) is 0 Å². The standard InChI is InChI=1S/C10H10F5NO2S/c11-9(12,4-17)8(16)6-3-5(1-2-7(6)18)19-10(13,14)15/h1-3,8,17-18H,4,16H2/t8-/m1/s1. The number of aliphatic hydroxyl groups is 1. The molecule has 0 unspecified atom stereocenters. The predicted octanol–water partition coefficient (Wildman–Crippen LogP) is 2.63. The van der Waals surface area contributed by atoms with Crippen molar-refractivity contribution in [3.8, 4) is 5.75 Å². The van der Waals surface area contributed by atoms with Gasteiger partial charge in [0, 0.05) is 10.5 Å². The van der Waals surface area contributed by atoms with E-state index in [1.54, 1.807) is 0 Å². The average Bonchev–Trinajstić information content (AvgIpc) is 2.29. The monoisotopic (exact) mass is 303 g/mol. The van der Waals surface area contributed by atoms with Crippen molar-refractivity contribution in [2.45, 2.75) is 22.4 Å². The molecule has 0 bridgehead atoms. The molecule has 108 valence electrons. The predicted molar refractivity (Wildman–Crippen MR) is 59.0 cm³/mol. The topological polar surface area (TPSA) is 66.5 Å². The zero-order chi connectivity index (χ0) is 14.8. The maximum Gasteiger partial charge on any atom is 0.446 e. The summed E-state index contributed by atoms with van der Waals surface area (Å²) in [5, 5.41) is 17.9. The van der Waals surface area contributed by atoms with E-state index in [1.165, 1.54) is 0 Å². The number of phenols is 1. The summed E-state index contributed by atoms with van der Waals surface area (Å²) in [4.78, 5) is -0.385. The Bertz CT molecular complexity index is 452. The van der Waals surface area contributed by atoms with Crippen molar-refractivity contribution in [3.63, 3.8) is 0 Å². The van der Waals surface area contributed by atoms with Gasteiger partial charge in [-0.05, 0) is 30.0 Å². The van der Waals surface area contributed by atoms with Crippen molar-refractivity contribution in [1.29, 1.82) is 0 Å². The molecule has 0 saturated carbocycles. The highest BCUT2D eigenvalue weighted by atomic mass is 32.2. The lowest BCUT2D eigenvalue weighted by atomic mass is 10.0. The van der Waals surface area contributed by atoms with Gasteiger partial charge in [0.05, 0.1) is 0 Å². The molecular weight excluding hydrogens is 293 g/mol. The fraction of sp³-hybridized carbons (Fsp3) is 0.400. The second-order valence-electron chi connectivity index (χ2n) is 3.67. The van der Waals surface area contributed by atoms with Crippen LogP contribution in [0.3, 0.4) is 0 Å². The van der Waals surface area contributed by atoms with Crippen LogP contribution in [0.5, 0.6) is 5.75 Å². The molecule has 1 aromatic carbocycles. The Balaban J connectivity index is 3.11. The molecule has 0 aliphatic rings. The third-order valence-corrected chi connectivity index (χ3v) is 2.95. The van der Waals surface area contributed by atoms with E-state index in [-0.39, 0.29) is 4.90 Å². The van der Waals surface area contributed by atoms with E-state index >= 15 is 0 Å². The summed E-state index contributed by atoms with van der Waals surface area (Å²) < 4.78 is 62.8. The fourth-order valence-corrected chi connectivity index (χ4v) is 1.89. The highest BCUT2D eigenvalue weighted by Gasteiger charge is 2.39. The Kier molecular flexibility index (Phi) is 4.64. The Hall–Kier alpha value is -1.06. The minimum absolute atomic E-state index is 0.385. The number of aromatic hydroxyl groups is 1. The number of aliphatic hydroxyl groups excluding tert-OH is 1. The summed E-state index contributed by atoms with van der Waals surface area (Å²) in [7, 11) is 0. The number of nitrogens with two attached hydrogens (primary N) is 1. The first kappa shape index (κ1) is 16.0. The van der Waals surface area contributed by atoms with Gasteiger partial charge in [-0.25, -0.2) is 8.78 Å². The molecule has 1 aromatic rings. The van der Waals surface area contributed by atoms with Crippen LogP contribution in [-0.2, 0) is 0 Å². The van der Waals surface area contributed by atoms with E-state index in [0.29, 0.717) is 0 Å². The number of phenolic OH excluding ortho intramolecular Hbond substituents is 1. The SMILES string of the molecule is N[C@H](c1cc(SC(F)(F)F)ccc1O)C(F)(F)CO. The van der Waals surface area contributed by atoms with Crippen LogP contribution in [0.1, 0.15) is 11.6 Å². The molecule has 0 fully saturated rings. The zero-order valence-corrected chi connectivity index (χ0v) is 10.1. The normalized spacial score (nSPS) is 14.5. The third kappa shape index (κ3) is 4.22. The number of halogens is 5. The van der Waals surface area contributed by atoms with Gasteiger partial charge in [-0.1, -0.05) is 0 Å². The van der Waals surface area contributed by atoms with E-state index in [4.69, 9.17) is 10.8 Å². The second kappa shape index (κ2) is 5.51. The smallest absolute Gasteiger partial charge is 0.446 e. The fourth-order valence-electron chi connectivity index (χ4n) is 1.30. The van der Waals surface area contributed by atoms with Crippen LogP contribution in [0.15, 0.2) is 23.1 Å². The molecular formula is C10H10F5NO2S. The minimum Gasteiger partial charge on any atom is -0.508 e. The van der Waals surface area contributed by atoms with Gasteiger partial charge in [0.2, 0.25) is 0 Å². The summed E-state index contributed by atoms with van der Waals surface area (Å²) >= 11 is -0.515. The summed E-state index contributed by atoms with van der Waals surface area (Å²) in [5.41, 5.74) is 0.00902. The van der Waals surface area contributed by atoms with Gasteiger partial charge in [-0.15, -0.1) is 0 Å². The molecule has 0 aromatic heterocycles. The van der Waals surface area contributed by atoms with Crippen molar-refractivity contribution in [2.24, 2.45) is 5.73 Å². The van der Waals surface area contributed by atoms with E-state index in [2.05, 4.69) is 0 Å². The Morgan fingerprint density at radius 3 is 2.26 bits per heavy atom. The first-order valence-electron chi connectivity index (χ1n) is 4.90. The molecule has 0 spiro atoms. The molecule has 1 rings (SSSR count). The van der Waals surface area contributed by atoms with E-state index in [9.17, 15) is 27.1 Å². The molecule has 3 nitrogen and oxygen atoms in total. The van der Waals surface area contributed by atoms with Gasteiger partial charge in [0.1, 0.15) is 18.4 Å². The third-order valence-electron chi connectivity index (χ3n) is 2.23. The second-order valence-corrected chi connectivity index (χ2v) is 4.80. The van der Waals surface area contributed by atoms with Crippen LogP contribution in [0.25, 0.3) is 0 Å². The van der Waals surface area contributed by atoms with Gasteiger partial charge in [-0.3, -0.25) is 0 Å². The van der Waals surface area contributed by atoms with Crippen LogP contribution in [0.4, 0.5) is 22.0 Å². The van der Waals surface area contributed by atoms with Gasteiger partial charge < -0.3 is 15.9 Å². The molecule has 0 aliphatic heterocycles. The van der Waals surface area contributed by atoms with Crippen LogP contribution in [0, 0.1) is 0 Å². The molecule has 9 heteroatoms. The van der Waals surface area contributed by atoms with E-state index < -0.39 is 47.2 Å². The number of hydrogen-bond donors (Lipinski definition) is 3. The highest BCUT2D eigenvalue weighted by molar-refractivity contribution is 8.00. The van der Waals surface area contributed by atoms with Crippen molar-refractivity contribution in [2.75, 3.05) is 6.61 Å². The summed E-state index contributed by atoms with van der Waals surface area (Å²) in [6, 6.07) is 0.394. The maximum atomic E-state index is 13.2. The van der Waals surface area contributed by atoms with Gasteiger partial charge in [0.15, 0.2) is 0 Å². The Morgan fingerprint density at radius 1 is 1.21 bits per heavy atom.